The Morgan fingerprint density at radius 1 is 1.42 bits per heavy atom. The van der Waals surface area contributed by atoms with Crippen LogP contribution >= 0.6 is 0 Å². The molecule has 1 fully saturated rings. The van der Waals surface area contributed by atoms with Crippen molar-refractivity contribution in [3.63, 3.8) is 0 Å². The number of ether oxygens (including phenoxy) is 1. The second kappa shape index (κ2) is 7.67. The quantitative estimate of drug-likeness (QED) is 0.865. The largest absolute Gasteiger partial charge is 0.444 e. The van der Waals surface area contributed by atoms with Gasteiger partial charge in [0.25, 0.3) is 0 Å². The lowest BCUT2D eigenvalue weighted by Crippen LogP contribution is -2.51. The average Bonchev–Trinajstić information content (AvgIpc) is 2.45. The highest BCUT2D eigenvalue weighted by Gasteiger charge is 2.30. The molecule has 0 aromatic heterocycles. The fourth-order valence-electron chi connectivity index (χ4n) is 3.16. The number of benzene rings is 1. The summed E-state index contributed by atoms with van der Waals surface area (Å²) in [4.78, 5) is 14.2. The summed E-state index contributed by atoms with van der Waals surface area (Å²) < 4.78 is 5.36. The van der Waals surface area contributed by atoms with E-state index in [1.54, 1.807) is 0 Å². The fraction of sp³-hybridized carbons (Fsp3) is 0.579. The molecule has 0 bridgehead atoms. The molecule has 1 saturated heterocycles. The highest BCUT2D eigenvalue weighted by atomic mass is 16.6. The van der Waals surface area contributed by atoms with Gasteiger partial charge in [0.2, 0.25) is 0 Å². The van der Waals surface area contributed by atoms with Crippen molar-refractivity contribution < 1.29 is 9.53 Å². The van der Waals surface area contributed by atoms with Crippen LogP contribution < -0.4 is 5.32 Å². The van der Waals surface area contributed by atoms with E-state index >= 15 is 0 Å². The highest BCUT2D eigenvalue weighted by Crippen LogP contribution is 2.27. The first-order chi connectivity index (χ1) is 11.3. The van der Waals surface area contributed by atoms with Crippen LogP contribution in [0.3, 0.4) is 0 Å². The van der Waals surface area contributed by atoms with Crippen LogP contribution in [0.25, 0.3) is 0 Å². The summed E-state index contributed by atoms with van der Waals surface area (Å²) in [6.07, 6.45) is 0.458. The van der Waals surface area contributed by atoms with Crippen LogP contribution in [0.4, 0.5) is 4.79 Å². The first-order valence-corrected chi connectivity index (χ1v) is 8.42. The molecule has 1 aromatic carbocycles. The van der Waals surface area contributed by atoms with Gasteiger partial charge in [-0.15, -0.1) is 0 Å². The number of rotatable bonds is 3. The summed E-state index contributed by atoms with van der Waals surface area (Å²) in [7, 11) is 0. The predicted octanol–water partition coefficient (Wildman–Crippen LogP) is 3.20. The van der Waals surface area contributed by atoms with Gasteiger partial charge in [0, 0.05) is 19.1 Å². The average molecular weight is 329 g/mol. The van der Waals surface area contributed by atoms with Crippen LogP contribution in [0.5, 0.6) is 0 Å². The molecule has 5 heteroatoms. The zero-order valence-electron chi connectivity index (χ0n) is 15.0. The number of nitrogens with zero attached hydrogens (tertiary/aromatic N) is 2. The number of alkyl carbamates (subject to hydrolysis) is 1. The molecule has 1 N–H and O–H groups in total. The molecule has 2 unspecified atom stereocenters. The summed E-state index contributed by atoms with van der Waals surface area (Å²) >= 11 is 0. The first-order valence-electron chi connectivity index (χ1n) is 8.42. The number of hydrogen-bond acceptors (Lipinski definition) is 4. The van der Waals surface area contributed by atoms with Gasteiger partial charge in [0.05, 0.1) is 12.6 Å². The lowest BCUT2D eigenvalue weighted by molar-refractivity contribution is 0.0469. The van der Waals surface area contributed by atoms with E-state index in [-0.39, 0.29) is 6.04 Å². The Balaban J connectivity index is 2.08. The van der Waals surface area contributed by atoms with Crippen molar-refractivity contribution in [2.45, 2.75) is 51.7 Å². The molecule has 2 atom stereocenters. The van der Waals surface area contributed by atoms with Crippen LogP contribution in [-0.2, 0) is 4.74 Å². The van der Waals surface area contributed by atoms with Crippen molar-refractivity contribution in [1.29, 1.82) is 5.26 Å². The second-order valence-electron chi connectivity index (χ2n) is 7.54. The zero-order chi connectivity index (χ0) is 17.7. The molecule has 1 aliphatic rings. The Morgan fingerprint density at radius 3 is 2.79 bits per heavy atom. The molecule has 5 nitrogen and oxygen atoms in total. The van der Waals surface area contributed by atoms with E-state index < -0.39 is 11.7 Å². The molecule has 1 aromatic rings. The lowest BCUT2D eigenvalue weighted by Gasteiger charge is -2.37. The molecule has 1 heterocycles. The van der Waals surface area contributed by atoms with Gasteiger partial charge in [-0.25, -0.2) is 4.79 Å². The van der Waals surface area contributed by atoms with Crippen LogP contribution in [0.2, 0.25) is 0 Å². The van der Waals surface area contributed by atoms with Crippen molar-refractivity contribution in [1.82, 2.24) is 10.2 Å². The number of piperidine rings is 1. The highest BCUT2D eigenvalue weighted by molar-refractivity contribution is 5.68. The maximum atomic E-state index is 12.1. The van der Waals surface area contributed by atoms with Gasteiger partial charge >= 0.3 is 6.09 Å². The summed E-state index contributed by atoms with van der Waals surface area (Å²) in [5.41, 5.74) is 1.97. The third-order valence-corrected chi connectivity index (χ3v) is 4.05. The van der Waals surface area contributed by atoms with Crippen molar-refractivity contribution in [2.75, 3.05) is 19.6 Å². The van der Waals surface area contributed by atoms with Gasteiger partial charge in [-0.1, -0.05) is 29.8 Å². The number of aryl methyl sites for hydroxylation is 1. The lowest BCUT2D eigenvalue weighted by atomic mass is 9.87. The third-order valence-electron chi connectivity index (χ3n) is 4.05. The van der Waals surface area contributed by atoms with Crippen molar-refractivity contribution in [3.8, 4) is 6.07 Å². The van der Waals surface area contributed by atoms with E-state index in [4.69, 9.17) is 10.00 Å². The topological polar surface area (TPSA) is 65.4 Å². The number of carbonyl (C=O) groups is 1. The minimum atomic E-state index is -0.513. The number of hydrogen-bond donors (Lipinski definition) is 1. The standard InChI is InChI=1S/C19H27N3O2/c1-14-6-5-7-15(10-14)16-11-17(13-22(12-16)9-8-20)21-18(23)24-19(2,3)4/h5-7,10,16-17H,9,11-13H2,1-4H3,(H,21,23). The summed E-state index contributed by atoms with van der Waals surface area (Å²) in [5.74, 6) is 0.298. The summed E-state index contributed by atoms with van der Waals surface area (Å²) in [5, 5.41) is 12.0. The molecular weight excluding hydrogens is 302 g/mol. The molecule has 0 spiro atoms. The summed E-state index contributed by atoms with van der Waals surface area (Å²) in [6.45, 7) is 9.52. The molecule has 1 aliphatic heterocycles. The van der Waals surface area contributed by atoms with Crippen LogP contribution in [0, 0.1) is 18.3 Å². The molecule has 130 valence electrons. The predicted molar refractivity (Wildman–Crippen MR) is 93.7 cm³/mol. The summed E-state index contributed by atoms with van der Waals surface area (Å²) in [6, 6.07) is 10.6. The van der Waals surface area contributed by atoms with Gasteiger partial charge < -0.3 is 10.1 Å². The van der Waals surface area contributed by atoms with Crippen LogP contribution in [0.15, 0.2) is 24.3 Å². The smallest absolute Gasteiger partial charge is 0.407 e. The zero-order valence-corrected chi connectivity index (χ0v) is 15.0. The number of nitriles is 1. The Kier molecular flexibility index (Phi) is 5.84. The molecule has 2 rings (SSSR count). The van der Waals surface area contributed by atoms with Gasteiger partial charge in [-0.3, -0.25) is 4.90 Å². The van der Waals surface area contributed by atoms with Gasteiger partial charge in [-0.05, 0) is 45.6 Å². The van der Waals surface area contributed by atoms with Crippen LogP contribution in [0.1, 0.15) is 44.2 Å². The number of likely N-dealkylation sites (tertiary alicyclic amines) is 1. The van der Waals surface area contributed by atoms with E-state index in [2.05, 4.69) is 47.5 Å². The Morgan fingerprint density at radius 2 is 2.17 bits per heavy atom. The Bertz CT molecular complexity index is 616. The monoisotopic (exact) mass is 329 g/mol. The third kappa shape index (κ3) is 5.54. The molecule has 0 aliphatic carbocycles. The van der Waals surface area contributed by atoms with E-state index in [0.717, 1.165) is 13.0 Å². The van der Waals surface area contributed by atoms with Gasteiger partial charge in [0.15, 0.2) is 0 Å². The number of amides is 1. The maximum Gasteiger partial charge on any atom is 0.407 e. The maximum absolute atomic E-state index is 12.1. The van der Waals surface area contributed by atoms with E-state index in [0.29, 0.717) is 19.0 Å². The van der Waals surface area contributed by atoms with Gasteiger partial charge in [-0.2, -0.15) is 5.26 Å². The molecule has 0 radical (unpaired) electrons. The van der Waals surface area contributed by atoms with E-state index in [1.807, 2.05) is 20.8 Å². The molecule has 1 amide bonds. The minimum absolute atomic E-state index is 0.0209. The minimum Gasteiger partial charge on any atom is -0.444 e. The van der Waals surface area contributed by atoms with Crippen molar-refractivity contribution in [2.24, 2.45) is 0 Å². The molecule has 0 saturated carbocycles. The normalized spacial score (nSPS) is 21.8. The van der Waals surface area contributed by atoms with E-state index in [9.17, 15) is 4.79 Å². The van der Waals surface area contributed by atoms with Crippen molar-refractivity contribution >= 4 is 6.09 Å². The number of nitrogens with one attached hydrogen (secondary N) is 1. The first kappa shape index (κ1) is 18.3. The SMILES string of the molecule is Cc1cccc(C2CC(NC(=O)OC(C)(C)C)CN(CC#N)C2)c1. The van der Waals surface area contributed by atoms with Crippen LogP contribution in [-0.4, -0.2) is 42.3 Å². The second-order valence-corrected chi connectivity index (χ2v) is 7.54. The van der Waals surface area contributed by atoms with Gasteiger partial charge in [0.1, 0.15) is 5.60 Å². The molecule has 24 heavy (non-hydrogen) atoms. The molecular formula is C19H27N3O2. The fourth-order valence-corrected chi connectivity index (χ4v) is 3.16. The van der Waals surface area contributed by atoms with E-state index in [1.165, 1.54) is 11.1 Å². The van der Waals surface area contributed by atoms with Crippen molar-refractivity contribution in [3.05, 3.63) is 35.4 Å². The Hall–Kier alpha value is -2.06. The Labute approximate surface area is 144 Å². The number of carbonyl (C=O) groups excluding carboxylic acids is 1.